The van der Waals surface area contributed by atoms with Gasteiger partial charge in [-0.3, -0.25) is 9.59 Å². The van der Waals surface area contributed by atoms with Gasteiger partial charge in [0.1, 0.15) is 0 Å². The number of fused-ring (bicyclic) bond motifs is 1. The predicted molar refractivity (Wildman–Crippen MR) is 70.3 cm³/mol. The Hall–Kier alpha value is -1.84. The van der Waals surface area contributed by atoms with Crippen LogP contribution in [0.3, 0.4) is 0 Å². The molecule has 4 heteroatoms. The first-order valence-electron chi connectivity index (χ1n) is 6.25. The third kappa shape index (κ3) is 2.37. The van der Waals surface area contributed by atoms with E-state index in [1.165, 1.54) is 6.08 Å². The highest BCUT2D eigenvalue weighted by Crippen LogP contribution is 2.28. The minimum absolute atomic E-state index is 0.00850. The fraction of sp³-hybridized carbons (Fsp3) is 0.429. The van der Waals surface area contributed by atoms with Crippen molar-refractivity contribution in [1.29, 1.82) is 0 Å². The molecule has 0 saturated heterocycles. The molecule has 1 N–H and O–H groups in total. The molecular formula is C14H18N2O2. The van der Waals surface area contributed by atoms with E-state index in [1.807, 2.05) is 13.0 Å². The summed E-state index contributed by atoms with van der Waals surface area (Å²) in [7, 11) is 1.79. The lowest BCUT2D eigenvalue weighted by Gasteiger charge is -2.27. The molecule has 1 heterocycles. The summed E-state index contributed by atoms with van der Waals surface area (Å²) in [6.07, 6.45) is 6.06. The highest BCUT2D eigenvalue weighted by molar-refractivity contribution is 5.87. The molecule has 1 amide bonds. The summed E-state index contributed by atoms with van der Waals surface area (Å²) in [6.45, 7) is 1.82. The lowest BCUT2D eigenvalue weighted by atomic mass is 9.91. The molecule has 1 aliphatic rings. The maximum Gasteiger partial charge on any atom is 0.250 e. The van der Waals surface area contributed by atoms with Gasteiger partial charge >= 0.3 is 0 Å². The normalized spacial score (nSPS) is 18.7. The second-order valence-corrected chi connectivity index (χ2v) is 4.59. The number of amides is 1. The molecular weight excluding hydrogens is 228 g/mol. The molecule has 0 bridgehead atoms. The van der Waals surface area contributed by atoms with Crippen molar-refractivity contribution in [3.05, 3.63) is 45.9 Å². The Bertz CT molecular complexity index is 543. The van der Waals surface area contributed by atoms with E-state index in [-0.39, 0.29) is 17.5 Å². The van der Waals surface area contributed by atoms with Crippen LogP contribution in [-0.2, 0) is 18.3 Å². The first kappa shape index (κ1) is 12.6. The fourth-order valence-corrected chi connectivity index (χ4v) is 2.48. The van der Waals surface area contributed by atoms with Crippen LogP contribution < -0.4 is 10.9 Å². The summed E-state index contributed by atoms with van der Waals surface area (Å²) < 4.78 is 1.68. The molecule has 1 atom stereocenters. The molecule has 1 aromatic rings. The second-order valence-electron chi connectivity index (χ2n) is 4.59. The van der Waals surface area contributed by atoms with E-state index >= 15 is 0 Å². The number of carbonyl (C=O) groups is 1. The van der Waals surface area contributed by atoms with E-state index in [4.69, 9.17) is 0 Å². The second kappa shape index (κ2) is 5.21. The summed E-state index contributed by atoms with van der Waals surface area (Å²) in [5, 5.41) is 2.98. The van der Waals surface area contributed by atoms with E-state index in [0.717, 1.165) is 30.5 Å². The van der Waals surface area contributed by atoms with Crippen LogP contribution in [0.2, 0.25) is 0 Å². The number of aromatic nitrogens is 1. The molecule has 1 aliphatic carbocycles. The zero-order valence-corrected chi connectivity index (χ0v) is 10.8. The van der Waals surface area contributed by atoms with Gasteiger partial charge in [0.2, 0.25) is 11.5 Å². The number of rotatable bonds is 2. The zero-order chi connectivity index (χ0) is 13.1. The van der Waals surface area contributed by atoms with Gasteiger partial charge in [0.25, 0.3) is 0 Å². The van der Waals surface area contributed by atoms with Crippen LogP contribution in [-0.4, -0.2) is 10.5 Å². The van der Waals surface area contributed by atoms with Crippen molar-refractivity contribution >= 4 is 5.91 Å². The lowest BCUT2D eigenvalue weighted by molar-refractivity contribution is -0.117. The highest BCUT2D eigenvalue weighted by atomic mass is 16.1. The van der Waals surface area contributed by atoms with Crippen LogP contribution in [0.25, 0.3) is 0 Å². The smallest absolute Gasteiger partial charge is 0.250 e. The van der Waals surface area contributed by atoms with Crippen LogP contribution in [0.4, 0.5) is 0 Å². The Morgan fingerprint density at radius 1 is 1.50 bits per heavy atom. The zero-order valence-electron chi connectivity index (χ0n) is 10.8. The topological polar surface area (TPSA) is 51.1 Å². The minimum Gasteiger partial charge on any atom is -0.346 e. The Labute approximate surface area is 106 Å². The molecule has 0 spiro atoms. The minimum atomic E-state index is -0.0794. The third-order valence-corrected chi connectivity index (χ3v) is 3.39. The predicted octanol–water partition coefficient (Wildman–Crippen LogP) is 1.46. The van der Waals surface area contributed by atoms with Crippen molar-refractivity contribution in [3.63, 3.8) is 0 Å². The lowest BCUT2D eigenvalue weighted by Crippen LogP contribution is -2.33. The average Bonchev–Trinajstić information content (AvgIpc) is 2.35. The number of nitrogens with one attached hydrogen (secondary N) is 1. The Balaban J connectivity index is 2.31. The Morgan fingerprint density at radius 3 is 3.00 bits per heavy atom. The van der Waals surface area contributed by atoms with Crippen LogP contribution >= 0.6 is 0 Å². The van der Waals surface area contributed by atoms with Gasteiger partial charge in [0, 0.05) is 18.8 Å². The molecule has 4 nitrogen and oxygen atoms in total. The number of hydrogen-bond donors (Lipinski definition) is 1. The van der Waals surface area contributed by atoms with E-state index in [9.17, 15) is 9.59 Å². The van der Waals surface area contributed by atoms with Crippen molar-refractivity contribution < 1.29 is 4.79 Å². The highest BCUT2D eigenvalue weighted by Gasteiger charge is 2.22. The van der Waals surface area contributed by atoms with Crippen LogP contribution in [0.5, 0.6) is 0 Å². The maximum atomic E-state index is 11.6. The largest absolute Gasteiger partial charge is 0.346 e. The first-order valence-corrected chi connectivity index (χ1v) is 6.25. The van der Waals surface area contributed by atoms with E-state index in [1.54, 1.807) is 23.8 Å². The van der Waals surface area contributed by atoms with Gasteiger partial charge in [-0.25, -0.2) is 0 Å². The van der Waals surface area contributed by atoms with Gasteiger partial charge < -0.3 is 9.88 Å². The summed E-state index contributed by atoms with van der Waals surface area (Å²) >= 11 is 0. The van der Waals surface area contributed by atoms with Gasteiger partial charge in [0.05, 0.1) is 6.04 Å². The molecule has 96 valence electrons. The van der Waals surface area contributed by atoms with Crippen LogP contribution in [0.1, 0.15) is 37.1 Å². The van der Waals surface area contributed by atoms with Crippen molar-refractivity contribution in [2.24, 2.45) is 7.05 Å². The molecule has 0 aliphatic heterocycles. The Morgan fingerprint density at radius 2 is 2.28 bits per heavy atom. The van der Waals surface area contributed by atoms with Crippen molar-refractivity contribution in [2.45, 2.75) is 32.2 Å². The van der Waals surface area contributed by atoms with Gasteiger partial charge in [-0.05, 0) is 43.9 Å². The maximum absolute atomic E-state index is 11.6. The summed E-state index contributed by atoms with van der Waals surface area (Å²) in [5.74, 6) is -0.0794. The molecule has 0 aromatic carbocycles. The van der Waals surface area contributed by atoms with Crippen molar-refractivity contribution in [1.82, 2.24) is 9.88 Å². The molecule has 0 fully saturated rings. The molecule has 2 rings (SSSR count). The van der Waals surface area contributed by atoms with Gasteiger partial charge in [-0.2, -0.15) is 0 Å². The van der Waals surface area contributed by atoms with E-state index < -0.39 is 0 Å². The number of hydrogen-bond acceptors (Lipinski definition) is 2. The van der Waals surface area contributed by atoms with Gasteiger partial charge in [0.15, 0.2) is 0 Å². The number of pyridine rings is 1. The molecule has 18 heavy (non-hydrogen) atoms. The average molecular weight is 246 g/mol. The van der Waals surface area contributed by atoms with E-state index in [0.29, 0.717) is 0 Å². The molecule has 0 radical (unpaired) electrons. The van der Waals surface area contributed by atoms with Crippen molar-refractivity contribution in [3.8, 4) is 0 Å². The SMILES string of the molecule is CC=CC(=O)NC1CCCc2c1ccc(=O)n2C. The summed E-state index contributed by atoms with van der Waals surface area (Å²) in [5.41, 5.74) is 2.12. The molecule has 0 saturated carbocycles. The number of allylic oxidation sites excluding steroid dienone is 1. The van der Waals surface area contributed by atoms with Crippen LogP contribution in [0, 0.1) is 0 Å². The van der Waals surface area contributed by atoms with Crippen LogP contribution in [0.15, 0.2) is 29.1 Å². The summed E-state index contributed by atoms with van der Waals surface area (Å²) in [6, 6.07) is 3.43. The first-order chi connectivity index (χ1) is 8.63. The quantitative estimate of drug-likeness (QED) is 0.803. The third-order valence-electron chi connectivity index (χ3n) is 3.39. The number of carbonyl (C=O) groups excluding carboxylic acids is 1. The van der Waals surface area contributed by atoms with Gasteiger partial charge in [-0.15, -0.1) is 0 Å². The molecule has 1 aromatic heterocycles. The summed E-state index contributed by atoms with van der Waals surface area (Å²) in [4.78, 5) is 23.2. The monoisotopic (exact) mass is 246 g/mol. The van der Waals surface area contributed by atoms with E-state index in [2.05, 4.69) is 5.32 Å². The number of nitrogens with zero attached hydrogens (tertiary/aromatic N) is 1. The fourth-order valence-electron chi connectivity index (χ4n) is 2.48. The Kier molecular flexibility index (Phi) is 3.65. The molecule has 1 unspecified atom stereocenters. The standard InChI is InChI=1S/C14H18N2O2/c1-3-5-13(17)15-11-6-4-7-12-10(11)8-9-14(18)16(12)2/h3,5,8-9,11H,4,6-7H2,1-2H3,(H,15,17). The van der Waals surface area contributed by atoms with Crippen molar-refractivity contribution in [2.75, 3.05) is 0 Å². The van der Waals surface area contributed by atoms with Gasteiger partial charge in [-0.1, -0.05) is 6.08 Å².